The van der Waals surface area contributed by atoms with E-state index in [0.29, 0.717) is 37.5 Å². The van der Waals surface area contributed by atoms with Crippen molar-refractivity contribution in [1.29, 1.82) is 0 Å². The Labute approximate surface area is 236 Å². The molecule has 11 heteroatoms. The summed E-state index contributed by atoms with van der Waals surface area (Å²) >= 11 is 1.19. The molecule has 0 amide bonds. The zero-order valence-electron chi connectivity index (χ0n) is 22.2. The lowest BCUT2D eigenvalue weighted by molar-refractivity contribution is -0.158. The summed E-state index contributed by atoms with van der Waals surface area (Å²) in [4.78, 5) is 32.0. The molecular formula is C30H24F2N2O6S. The molecule has 0 spiro atoms. The topological polar surface area (TPSA) is 88.4 Å². The van der Waals surface area contributed by atoms with Crippen LogP contribution in [0.4, 0.5) is 8.78 Å². The Morgan fingerprint density at radius 2 is 1.90 bits per heavy atom. The highest BCUT2D eigenvalue weighted by Gasteiger charge is 2.55. The van der Waals surface area contributed by atoms with Crippen LogP contribution in [0.25, 0.3) is 6.08 Å². The number of thiazole rings is 1. The lowest BCUT2D eigenvalue weighted by Gasteiger charge is -2.44. The van der Waals surface area contributed by atoms with Crippen molar-refractivity contribution >= 4 is 23.4 Å². The number of hydrogen-bond donors (Lipinski definition) is 0. The SMILES string of the molecule is COC(=O)[C@@H]1[C@H]2c3ccccc3O[C@@]1(C)N=c1s/c(=C/c3ccc(OC)c(COc4ccc(F)cc4F)c3)c(=O)n12. The predicted molar refractivity (Wildman–Crippen MR) is 146 cm³/mol. The number of rotatable bonds is 6. The number of fused-ring (bicyclic) bond motifs is 6. The fourth-order valence-electron chi connectivity index (χ4n) is 5.33. The van der Waals surface area contributed by atoms with E-state index in [2.05, 4.69) is 0 Å². The van der Waals surface area contributed by atoms with Gasteiger partial charge in [0.2, 0.25) is 5.72 Å². The Morgan fingerprint density at radius 1 is 1.12 bits per heavy atom. The Kier molecular flexibility index (Phi) is 6.61. The normalized spacial score (nSPS) is 20.8. The van der Waals surface area contributed by atoms with Crippen LogP contribution >= 0.6 is 11.3 Å². The summed E-state index contributed by atoms with van der Waals surface area (Å²) in [7, 11) is 2.80. The molecule has 3 heterocycles. The van der Waals surface area contributed by atoms with Crippen LogP contribution in [0.3, 0.4) is 0 Å². The van der Waals surface area contributed by atoms with Crippen LogP contribution < -0.4 is 29.1 Å². The molecule has 2 aliphatic heterocycles. The van der Waals surface area contributed by atoms with Crippen molar-refractivity contribution in [3.05, 3.63) is 109 Å². The summed E-state index contributed by atoms with van der Waals surface area (Å²) < 4.78 is 51.6. The van der Waals surface area contributed by atoms with Gasteiger partial charge in [-0.1, -0.05) is 35.6 Å². The number of para-hydroxylation sites is 1. The Hall–Kier alpha value is -4.51. The third-order valence-electron chi connectivity index (χ3n) is 7.21. The van der Waals surface area contributed by atoms with Gasteiger partial charge in [-0.3, -0.25) is 14.2 Å². The lowest BCUT2D eigenvalue weighted by Crippen LogP contribution is -2.58. The van der Waals surface area contributed by atoms with Gasteiger partial charge < -0.3 is 18.9 Å². The zero-order chi connectivity index (χ0) is 28.9. The van der Waals surface area contributed by atoms with E-state index in [1.54, 1.807) is 37.3 Å². The molecule has 0 aliphatic carbocycles. The fourth-order valence-corrected chi connectivity index (χ4v) is 6.43. The summed E-state index contributed by atoms with van der Waals surface area (Å²) in [5.41, 5.74) is 0.373. The smallest absolute Gasteiger partial charge is 0.317 e. The van der Waals surface area contributed by atoms with E-state index in [0.717, 1.165) is 12.1 Å². The average molecular weight is 579 g/mol. The number of methoxy groups -OCH3 is 2. The van der Waals surface area contributed by atoms with E-state index in [-0.39, 0.29) is 17.9 Å². The summed E-state index contributed by atoms with van der Waals surface area (Å²) in [5.74, 6) is -1.97. The first kappa shape index (κ1) is 26.7. The van der Waals surface area contributed by atoms with Crippen LogP contribution in [0.5, 0.6) is 17.2 Å². The minimum atomic E-state index is -1.26. The van der Waals surface area contributed by atoms with Gasteiger partial charge in [0, 0.05) is 17.2 Å². The average Bonchev–Trinajstić information content (AvgIpc) is 3.24. The molecule has 0 unspecified atom stereocenters. The number of hydrogen-bond acceptors (Lipinski definition) is 8. The molecule has 0 radical (unpaired) electrons. The number of nitrogens with zero attached hydrogens (tertiary/aromatic N) is 2. The molecule has 0 saturated heterocycles. The Bertz CT molecular complexity index is 1870. The van der Waals surface area contributed by atoms with Crippen molar-refractivity contribution in [3.8, 4) is 17.2 Å². The van der Waals surface area contributed by atoms with Crippen LogP contribution in [0.1, 0.15) is 29.7 Å². The third-order valence-corrected chi connectivity index (χ3v) is 8.20. The second-order valence-corrected chi connectivity index (χ2v) is 10.8. The second kappa shape index (κ2) is 10.2. The van der Waals surface area contributed by atoms with Crippen molar-refractivity contribution in [3.63, 3.8) is 0 Å². The molecular weight excluding hydrogens is 554 g/mol. The summed E-state index contributed by atoms with van der Waals surface area (Å²) in [6, 6.07) is 14.9. The number of esters is 1. The number of halogens is 2. The third kappa shape index (κ3) is 4.55. The quantitative estimate of drug-likeness (QED) is 0.324. The molecule has 2 aliphatic rings. The number of aromatic nitrogens is 1. The summed E-state index contributed by atoms with van der Waals surface area (Å²) in [6.07, 6.45) is 1.71. The van der Waals surface area contributed by atoms with Crippen molar-refractivity contribution in [2.75, 3.05) is 14.2 Å². The first-order valence-electron chi connectivity index (χ1n) is 12.7. The lowest BCUT2D eigenvalue weighted by atomic mass is 9.81. The van der Waals surface area contributed by atoms with Gasteiger partial charge in [0.25, 0.3) is 5.56 Å². The Balaban J connectivity index is 1.43. The molecule has 3 atom stereocenters. The molecule has 3 aromatic carbocycles. The van der Waals surface area contributed by atoms with E-state index in [4.69, 9.17) is 23.9 Å². The minimum Gasteiger partial charge on any atom is -0.496 e. The number of carbonyl (C=O) groups excluding carboxylic acids is 1. The standard InChI is InChI=1S/C30H24F2N2O6S/c1-30-25(28(36)38-3)26(19-6-4-5-7-22(19)40-30)34-27(35)24(41-29(34)33-30)13-16-8-10-21(37-2)17(12-16)15-39-23-11-9-18(31)14-20(23)32/h4-14,25-26H,15H2,1-3H3/b24-13+/t25-,26+,30+/m0/s1. The molecule has 210 valence electrons. The van der Waals surface area contributed by atoms with Crippen LogP contribution in [0, 0.1) is 17.6 Å². The minimum absolute atomic E-state index is 0.0575. The van der Waals surface area contributed by atoms with Gasteiger partial charge in [0.1, 0.15) is 29.8 Å². The highest BCUT2D eigenvalue weighted by molar-refractivity contribution is 7.07. The summed E-state index contributed by atoms with van der Waals surface area (Å²) in [5, 5.41) is 0. The van der Waals surface area contributed by atoms with E-state index in [1.807, 2.05) is 18.2 Å². The van der Waals surface area contributed by atoms with Crippen molar-refractivity contribution in [2.24, 2.45) is 10.9 Å². The molecule has 1 aromatic heterocycles. The van der Waals surface area contributed by atoms with Crippen LogP contribution in [-0.2, 0) is 16.1 Å². The van der Waals surface area contributed by atoms with E-state index in [1.165, 1.54) is 36.2 Å². The van der Waals surface area contributed by atoms with Gasteiger partial charge in [-0.25, -0.2) is 13.8 Å². The van der Waals surface area contributed by atoms with Crippen molar-refractivity contribution in [2.45, 2.75) is 25.3 Å². The largest absolute Gasteiger partial charge is 0.496 e. The Morgan fingerprint density at radius 3 is 2.66 bits per heavy atom. The molecule has 41 heavy (non-hydrogen) atoms. The monoisotopic (exact) mass is 578 g/mol. The van der Waals surface area contributed by atoms with Gasteiger partial charge in [-0.15, -0.1) is 0 Å². The van der Waals surface area contributed by atoms with Crippen LogP contribution in [0.15, 0.2) is 70.5 Å². The van der Waals surface area contributed by atoms with E-state index >= 15 is 0 Å². The predicted octanol–water partition coefficient (Wildman–Crippen LogP) is 3.72. The molecule has 4 aromatic rings. The molecule has 2 bridgehead atoms. The summed E-state index contributed by atoms with van der Waals surface area (Å²) in [6.45, 7) is 1.66. The molecule has 6 rings (SSSR count). The highest BCUT2D eigenvalue weighted by Crippen LogP contribution is 2.47. The molecule has 8 nitrogen and oxygen atoms in total. The zero-order valence-corrected chi connectivity index (χ0v) is 23.0. The molecule has 0 fully saturated rings. The first-order chi connectivity index (χ1) is 19.7. The maximum absolute atomic E-state index is 14.1. The van der Waals surface area contributed by atoms with E-state index < -0.39 is 35.3 Å². The number of benzene rings is 3. The molecule has 0 N–H and O–H groups in total. The van der Waals surface area contributed by atoms with E-state index in [9.17, 15) is 18.4 Å². The molecule has 0 saturated carbocycles. The fraction of sp³-hybridized carbons (Fsp3) is 0.233. The number of ether oxygens (including phenoxy) is 4. The second-order valence-electron chi connectivity index (χ2n) is 9.76. The van der Waals surface area contributed by atoms with Gasteiger partial charge in [-0.2, -0.15) is 0 Å². The van der Waals surface area contributed by atoms with Gasteiger partial charge in [0.05, 0.1) is 24.8 Å². The van der Waals surface area contributed by atoms with Crippen LogP contribution in [-0.4, -0.2) is 30.5 Å². The van der Waals surface area contributed by atoms with Crippen LogP contribution in [0.2, 0.25) is 0 Å². The van der Waals surface area contributed by atoms with Gasteiger partial charge in [0.15, 0.2) is 16.4 Å². The van der Waals surface area contributed by atoms with Gasteiger partial charge >= 0.3 is 5.97 Å². The number of carbonyl (C=O) groups is 1. The first-order valence-corrected chi connectivity index (χ1v) is 13.5. The highest BCUT2D eigenvalue weighted by atomic mass is 32.1. The van der Waals surface area contributed by atoms with Gasteiger partial charge in [-0.05, 0) is 48.9 Å². The maximum atomic E-state index is 14.1. The van der Waals surface area contributed by atoms with Crippen molar-refractivity contribution < 1.29 is 32.5 Å². The van der Waals surface area contributed by atoms with Crippen molar-refractivity contribution in [1.82, 2.24) is 4.57 Å². The maximum Gasteiger partial charge on any atom is 0.317 e.